The Labute approximate surface area is 105 Å². The Balaban J connectivity index is 2.25. The standard InChI is InChI=1S/C12H14Cl2O2/c13-9-4-3-5-10(14)11(9)16-12(8-15)6-1-2-7-12/h3-5,15H,1-2,6-8H2. The number of hydrogen-bond donors (Lipinski definition) is 1. The molecule has 0 spiro atoms. The van der Waals surface area contributed by atoms with Crippen LogP contribution in [-0.2, 0) is 0 Å². The van der Waals surface area contributed by atoms with Crippen molar-refractivity contribution in [3.8, 4) is 5.75 Å². The largest absolute Gasteiger partial charge is 0.482 e. The van der Waals surface area contributed by atoms with Gasteiger partial charge in [0, 0.05) is 0 Å². The molecule has 0 heterocycles. The highest BCUT2D eigenvalue weighted by Crippen LogP contribution is 2.40. The minimum absolute atomic E-state index is 0.00848. The predicted octanol–water partition coefficient (Wildman–Crippen LogP) is 3.68. The fraction of sp³-hybridized carbons (Fsp3) is 0.500. The molecule has 16 heavy (non-hydrogen) atoms. The average Bonchev–Trinajstić information content (AvgIpc) is 2.73. The molecule has 0 amide bonds. The molecule has 0 atom stereocenters. The minimum atomic E-state index is -0.491. The van der Waals surface area contributed by atoms with Crippen molar-refractivity contribution in [1.82, 2.24) is 0 Å². The maximum atomic E-state index is 9.45. The van der Waals surface area contributed by atoms with Crippen LogP contribution in [0.2, 0.25) is 10.0 Å². The zero-order valence-corrected chi connectivity index (χ0v) is 10.4. The smallest absolute Gasteiger partial charge is 0.157 e. The van der Waals surface area contributed by atoms with E-state index in [4.69, 9.17) is 27.9 Å². The fourth-order valence-corrected chi connectivity index (χ4v) is 2.58. The molecule has 0 radical (unpaired) electrons. The first-order valence-electron chi connectivity index (χ1n) is 5.41. The summed E-state index contributed by atoms with van der Waals surface area (Å²) >= 11 is 12.1. The van der Waals surface area contributed by atoms with Gasteiger partial charge in [-0.3, -0.25) is 0 Å². The van der Waals surface area contributed by atoms with Gasteiger partial charge in [0.2, 0.25) is 0 Å². The predicted molar refractivity (Wildman–Crippen MR) is 65.4 cm³/mol. The molecule has 1 aliphatic rings. The van der Waals surface area contributed by atoms with Gasteiger partial charge < -0.3 is 9.84 Å². The third kappa shape index (κ3) is 2.29. The normalized spacial score (nSPS) is 18.7. The molecule has 1 fully saturated rings. The van der Waals surface area contributed by atoms with Gasteiger partial charge in [0.15, 0.2) is 5.75 Å². The van der Waals surface area contributed by atoms with Crippen LogP contribution in [0.4, 0.5) is 0 Å². The van der Waals surface area contributed by atoms with E-state index in [-0.39, 0.29) is 6.61 Å². The Hall–Kier alpha value is -0.440. The summed E-state index contributed by atoms with van der Waals surface area (Å²) < 4.78 is 5.86. The molecule has 1 aromatic rings. The number of aliphatic hydroxyl groups is 1. The number of hydrogen-bond acceptors (Lipinski definition) is 2. The molecule has 0 aromatic heterocycles. The topological polar surface area (TPSA) is 29.5 Å². The van der Waals surface area contributed by atoms with E-state index in [0.29, 0.717) is 15.8 Å². The Morgan fingerprint density at radius 3 is 2.25 bits per heavy atom. The summed E-state index contributed by atoms with van der Waals surface area (Å²) in [5.74, 6) is 0.488. The quantitative estimate of drug-likeness (QED) is 0.899. The maximum Gasteiger partial charge on any atom is 0.157 e. The monoisotopic (exact) mass is 260 g/mol. The van der Waals surface area contributed by atoms with E-state index in [1.165, 1.54) is 0 Å². The molecule has 1 aromatic carbocycles. The minimum Gasteiger partial charge on any atom is -0.482 e. The molecule has 0 saturated heterocycles. The van der Waals surface area contributed by atoms with E-state index in [0.717, 1.165) is 25.7 Å². The second-order valence-corrected chi connectivity index (χ2v) is 5.02. The molecule has 2 rings (SSSR count). The van der Waals surface area contributed by atoms with Crippen LogP contribution in [0.15, 0.2) is 18.2 Å². The summed E-state index contributed by atoms with van der Waals surface area (Å²) in [4.78, 5) is 0. The lowest BCUT2D eigenvalue weighted by Gasteiger charge is -2.29. The van der Waals surface area contributed by atoms with Crippen LogP contribution in [0.3, 0.4) is 0 Å². The molecule has 0 aliphatic heterocycles. The number of ether oxygens (including phenoxy) is 1. The van der Waals surface area contributed by atoms with E-state index in [9.17, 15) is 5.11 Å². The molecule has 0 bridgehead atoms. The summed E-state index contributed by atoms with van der Waals surface area (Å²) in [5.41, 5.74) is -0.491. The molecule has 0 unspecified atom stereocenters. The van der Waals surface area contributed by atoms with Crippen LogP contribution in [0.5, 0.6) is 5.75 Å². The van der Waals surface area contributed by atoms with Crippen LogP contribution in [0, 0.1) is 0 Å². The zero-order chi connectivity index (χ0) is 11.6. The van der Waals surface area contributed by atoms with E-state index >= 15 is 0 Å². The number of benzene rings is 1. The summed E-state index contributed by atoms with van der Waals surface area (Å²) in [6.07, 6.45) is 3.85. The second kappa shape index (κ2) is 4.82. The molecule has 4 heteroatoms. The summed E-state index contributed by atoms with van der Waals surface area (Å²) in [7, 11) is 0. The second-order valence-electron chi connectivity index (χ2n) is 4.20. The van der Waals surface area contributed by atoms with Crippen molar-refractivity contribution in [2.75, 3.05) is 6.61 Å². The Morgan fingerprint density at radius 2 is 1.75 bits per heavy atom. The number of para-hydroxylation sites is 1. The van der Waals surface area contributed by atoms with Crippen LogP contribution in [-0.4, -0.2) is 17.3 Å². The molecular weight excluding hydrogens is 247 g/mol. The van der Waals surface area contributed by atoms with Crippen molar-refractivity contribution in [2.24, 2.45) is 0 Å². The van der Waals surface area contributed by atoms with E-state index < -0.39 is 5.60 Å². The van der Waals surface area contributed by atoms with Gasteiger partial charge in [-0.05, 0) is 37.8 Å². The van der Waals surface area contributed by atoms with Crippen LogP contribution >= 0.6 is 23.2 Å². The van der Waals surface area contributed by atoms with Gasteiger partial charge in [-0.1, -0.05) is 29.3 Å². The Morgan fingerprint density at radius 1 is 1.19 bits per heavy atom. The van der Waals surface area contributed by atoms with Gasteiger partial charge in [0.1, 0.15) is 5.60 Å². The SMILES string of the molecule is OCC1(Oc2c(Cl)cccc2Cl)CCCC1. The zero-order valence-electron chi connectivity index (χ0n) is 8.88. The lowest BCUT2D eigenvalue weighted by molar-refractivity contribution is 0.0153. The van der Waals surface area contributed by atoms with Crippen molar-refractivity contribution in [1.29, 1.82) is 0 Å². The Kier molecular flexibility index (Phi) is 3.63. The molecular formula is C12H14Cl2O2. The fourth-order valence-electron chi connectivity index (χ4n) is 2.11. The van der Waals surface area contributed by atoms with Crippen LogP contribution in [0.1, 0.15) is 25.7 Å². The molecule has 1 aliphatic carbocycles. The highest BCUT2D eigenvalue weighted by atomic mass is 35.5. The lowest BCUT2D eigenvalue weighted by atomic mass is 10.0. The van der Waals surface area contributed by atoms with Crippen molar-refractivity contribution in [3.63, 3.8) is 0 Å². The highest BCUT2D eigenvalue weighted by Gasteiger charge is 2.36. The summed E-state index contributed by atoms with van der Waals surface area (Å²) in [5, 5.41) is 10.4. The Bertz CT molecular complexity index is 353. The first-order valence-corrected chi connectivity index (χ1v) is 6.16. The molecule has 88 valence electrons. The third-order valence-electron chi connectivity index (χ3n) is 3.04. The van der Waals surface area contributed by atoms with E-state index in [1.807, 2.05) is 0 Å². The van der Waals surface area contributed by atoms with Crippen molar-refractivity contribution in [2.45, 2.75) is 31.3 Å². The van der Waals surface area contributed by atoms with Crippen molar-refractivity contribution in [3.05, 3.63) is 28.2 Å². The number of aliphatic hydroxyl groups excluding tert-OH is 1. The summed E-state index contributed by atoms with van der Waals surface area (Å²) in [6, 6.07) is 5.25. The molecule has 1 N–H and O–H groups in total. The van der Waals surface area contributed by atoms with E-state index in [2.05, 4.69) is 0 Å². The van der Waals surface area contributed by atoms with Crippen molar-refractivity contribution >= 4 is 23.2 Å². The van der Waals surface area contributed by atoms with Gasteiger partial charge in [0.05, 0.1) is 16.7 Å². The van der Waals surface area contributed by atoms with Crippen LogP contribution in [0.25, 0.3) is 0 Å². The third-order valence-corrected chi connectivity index (χ3v) is 3.64. The van der Waals surface area contributed by atoms with E-state index in [1.54, 1.807) is 18.2 Å². The maximum absolute atomic E-state index is 9.45. The van der Waals surface area contributed by atoms with Gasteiger partial charge in [-0.15, -0.1) is 0 Å². The average molecular weight is 261 g/mol. The first kappa shape index (κ1) is 12.0. The molecule has 1 saturated carbocycles. The van der Waals surface area contributed by atoms with Crippen molar-refractivity contribution < 1.29 is 9.84 Å². The number of halogens is 2. The van der Waals surface area contributed by atoms with Gasteiger partial charge in [-0.2, -0.15) is 0 Å². The lowest BCUT2D eigenvalue weighted by Crippen LogP contribution is -2.36. The van der Waals surface area contributed by atoms with Gasteiger partial charge in [0.25, 0.3) is 0 Å². The van der Waals surface area contributed by atoms with Gasteiger partial charge in [-0.25, -0.2) is 0 Å². The number of rotatable bonds is 3. The van der Waals surface area contributed by atoms with Gasteiger partial charge >= 0.3 is 0 Å². The first-order chi connectivity index (χ1) is 7.67. The summed E-state index contributed by atoms with van der Waals surface area (Å²) in [6.45, 7) is 0.00848. The molecule has 2 nitrogen and oxygen atoms in total. The van der Waals surface area contributed by atoms with Crippen LogP contribution < -0.4 is 4.74 Å². The highest BCUT2D eigenvalue weighted by molar-refractivity contribution is 6.37.